The molecule has 0 bridgehead atoms. The van der Waals surface area contributed by atoms with Crippen molar-refractivity contribution in [2.24, 2.45) is 0 Å². The summed E-state index contributed by atoms with van der Waals surface area (Å²) < 4.78 is 13.5. The molecule has 12 heteroatoms. The highest BCUT2D eigenvalue weighted by molar-refractivity contribution is 7.17. The summed E-state index contributed by atoms with van der Waals surface area (Å²) in [5.41, 5.74) is 6.58. The van der Waals surface area contributed by atoms with Gasteiger partial charge in [-0.15, -0.1) is 11.3 Å². The smallest absolute Gasteiger partial charge is 0.417 e. The van der Waals surface area contributed by atoms with Gasteiger partial charge in [-0.05, 0) is 31.2 Å². The molecule has 0 saturated carbocycles. The van der Waals surface area contributed by atoms with E-state index in [2.05, 4.69) is 35.6 Å². The molecule has 0 aliphatic rings. The van der Waals surface area contributed by atoms with E-state index < -0.39 is 5.76 Å². The molecule has 3 N–H and O–H groups in total. The summed E-state index contributed by atoms with van der Waals surface area (Å²) >= 11 is 1.43. The number of nitrogens with zero attached hydrogens (tertiary/aromatic N) is 5. The van der Waals surface area contributed by atoms with Crippen LogP contribution >= 0.6 is 11.3 Å². The Labute approximate surface area is 201 Å². The summed E-state index contributed by atoms with van der Waals surface area (Å²) in [4.78, 5) is 31.9. The van der Waals surface area contributed by atoms with Crippen molar-refractivity contribution in [3.63, 3.8) is 0 Å². The summed E-state index contributed by atoms with van der Waals surface area (Å²) in [5, 5.41) is 6.52. The van der Waals surface area contributed by atoms with Gasteiger partial charge in [0.2, 0.25) is 5.95 Å². The minimum absolute atomic E-state index is 0.369. The second kappa shape index (κ2) is 8.25. The second-order valence-electron chi connectivity index (χ2n) is 7.69. The Balaban J connectivity index is 1.33. The molecular formula is C23H18N8O3S. The number of rotatable bonds is 6. The zero-order valence-corrected chi connectivity index (χ0v) is 19.4. The van der Waals surface area contributed by atoms with Crippen molar-refractivity contribution in [2.75, 3.05) is 17.7 Å². The maximum atomic E-state index is 11.5. The lowest BCUT2D eigenvalue weighted by Gasteiger charge is -2.13. The highest BCUT2D eigenvalue weighted by atomic mass is 32.1. The van der Waals surface area contributed by atoms with Crippen molar-refractivity contribution < 1.29 is 9.15 Å². The predicted molar refractivity (Wildman–Crippen MR) is 133 cm³/mol. The maximum absolute atomic E-state index is 11.5. The summed E-state index contributed by atoms with van der Waals surface area (Å²) in [5.74, 6) is 1.12. The number of hydrogen-bond donors (Lipinski definition) is 3. The number of benzene rings is 2. The number of nitrogens with one attached hydrogen (secondary N) is 3. The first kappa shape index (κ1) is 20.9. The van der Waals surface area contributed by atoms with Crippen molar-refractivity contribution >= 4 is 55.9 Å². The van der Waals surface area contributed by atoms with Crippen LogP contribution in [0.4, 0.5) is 23.1 Å². The summed E-state index contributed by atoms with van der Waals surface area (Å²) in [6.45, 7) is 1.93. The molecule has 0 spiro atoms. The van der Waals surface area contributed by atoms with Crippen molar-refractivity contribution in [1.29, 1.82) is 0 Å². The van der Waals surface area contributed by atoms with Crippen LogP contribution in [0, 0.1) is 6.92 Å². The molecule has 6 rings (SSSR count). The van der Waals surface area contributed by atoms with Crippen molar-refractivity contribution in [3.8, 4) is 11.4 Å². The Morgan fingerprint density at radius 1 is 1.09 bits per heavy atom. The van der Waals surface area contributed by atoms with Crippen LogP contribution in [0.25, 0.3) is 27.1 Å². The monoisotopic (exact) mass is 486 g/mol. The number of imidazole rings is 1. The van der Waals surface area contributed by atoms with Gasteiger partial charge in [-0.3, -0.25) is 4.98 Å². The molecule has 174 valence electrons. The molecule has 6 aromatic rings. The molecule has 0 amide bonds. The number of hydrogen-bond acceptors (Lipinski definition) is 10. The molecule has 0 atom stereocenters. The number of fused-ring (bicyclic) bond motifs is 2. The molecule has 0 fully saturated rings. The van der Waals surface area contributed by atoms with Crippen LogP contribution in [-0.4, -0.2) is 36.6 Å². The minimum Gasteiger partial charge on any atom is -0.494 e. The number of H-pyrrole nitrogens is 1. The molecule has 0 aliphatic carbocycles. The average Bonchev–Trinajstić information content (AvgIpc) is 3.58. The van der Waals surface area contributed by atoms with E-state index in [1.54, 1.807) is 31.1 Å². The first-order valence-electron chi connectivity index (χ1n) is 10.5. The highest BCUT2D eigenvalue weighted by Gasteiger charge is 2.13. The van der Waals surface area contributed by atoms with E-state index in [0.29, 0.717) is 39.9 Å². The predicted octanol–water partition coefficient (Wildman–Crippen LogP) is 4.51. The number of ether oxygens (including phenoxy) is 1. The summed E-state index contributed by atoms with van der Waals surface area (Å²) in [6, 6.07) is 11.0. The number of aromatic nitrogens is 6. The third kappa shape index (κ3) is 3.95. The van der Waals surface area contributed by atoms with E-state index in [1.165, 1.54) is 11.3 Å². The largest absolute Gasteiger partial charge is 0.494 e. The molecule has 0 radical (unpaired) electrons. The Hall–Kier alpha value is -4.71. The van der Waals surface area contributed by atoms with Gasteiger partial charge in [-0.2, -0.15) is 9.97 Å². The fourth-order valence-corrected chi connectivity index (χ4v) is 4.38. The van der Waals surface area contributed by atoms with Gasteiger partial charge in [0.15, 0.2) is 17.0 Å². The number of anilines is 4. The Bertz CT molecular complexity index is 1750. The summed E-state index contributed by atoms with van der Waals surface area (Å²) in [7, 11) is 1.62. The maximum Gasteiger partial charge on any atom is 0.417 e. The zero-order valence-electron chi connectivity index (χ0n) is 18.6. The minimum atomic E-state index is -0.500. The number of aryl methyl sites for hydroxylation is 1. The quantitative estimate of drug-likeness (QED) is 0.311. The lowest BCUT2D eigenvalue weighted by atomic mass is 10.2. The lowest BCUT2D eigenvalue weighted by molar-refractivity contribution is 0.413. The molecule has 2 aromatic carbocycles. The molecule has 11 nitrogen and oxygen atoms in total. The van der Waals surface area contributed by atoms with Gasteiger partial charge in [0, 0.05) is 29.7 Å². The van der Waals surface area contributed by atoms with Crippen molar-refractivity contribution in [2.45, 2.75) is 6.92 Å². The number of methoxy groups -OCH3 is 1. The average molecular weight is 487 g/mol. The fourth-order valence-electron chi connectivity index (χ4n) is 3.71. The number of oxazole rings is 1. The van der Waals surface area contributed by atoms with E-state index in [9.17, 15) is 4.79 Å². The number of aromatic amines is 1. The Morgan fingerprint density at radius 2 is 1.94 bits per heavy atom. The van der Waals surface area contributed by atoms with Gasteiger partial charge >= 0.3 is 5.76 Å². The van der Waals surface area contributed by atoms with Crippen LogP contribution in [0.3, 0.4) is 0 Å². The van der Waals surface area contributed by atoms with Gasteiger partial charge in [-0.25, -0.2) is 14.8 Å². The van der Waals surface area contributed by atoms with Gasteiger partial charge in [0.05, 0.1) is 35.8 Å². The van der Waals surface area contributed by atoms with Crippen LogP contribution in [0.2, 0.25) is 0 Å². The van der Waals surface area contributed by atoms with E-state index in [-0.39, 0.29) is 0 Å². The molecule has 4 heterocycles. The highest BCUT2D eigenvalue weighted by Crippen LogP contribution is 2.31. The molecule has 0 aliphatic heterocycles. The van der Waals surface area contributed by atoms with Crippen LogP contribution in [-0.2, 0) is 0 Å². The number of thiazole rings is 1. The normalized spacial score (nSPS) is 11.3. The van der Waals surface area contributed by atoms with E-state index in [1.807, 2.05) is 42.0 Å². The van der Waals surface area contributed by atoms with Crippen LogP contribution in [0.5, 0.6) is 5.75 Å². The van der Waals surface area contributed by atoms with Crippen molar-refractivity contribution in [1.82, 2.24) is 29.5 Å². The van der Waals surface area contributed by atoms with Crippen LogP contribution < -0.4 is 21.1 Å². The van der Waals surface area contributed by atoms with Crippen LogP contribution in [0.15, 0.2) is 63.6 Å². The third-order valence-corrected chi connectivity index (χ3v) is 6.13. The van der Waals surface area contributed by atoms with Gasteiger partial charge in [0.25, 0.3) is 0 Å². The van der Waals surface area contributed by atoms with E-state index in [0.717, 1.165) is 21.8 Å². The first-order chi connectivity index (χ1) is 17.1. The van der Waals surface area contributed by atoms with Gasteiger partial charge in [0.1, 0.15) is 10.4 Å². The first-order valence-corrected chi connectivity index (χ1v) is 11.4. The van der Waals surface area contributed by atoms with E-state index in [4.69, 9.17) is 9.15 Å². The standard InChI is InChI=1S/C23H18N8O3S/c1-12-9-31(10-24-12)16-6-4-14(8-18(16)33-2)27-22-29-20-19(35-11-25-20)21(30-22)26-13-3-5-15-17(7-13)34-23(32)28-15/h3-11H,1-2H3,(H,28,32)(H2,26,27,29,30). The Kier molecular flexibility index (Phi) is 4.92. The topological polar surface area (TPSA) is 136 Å². The molecule has 4 aromatic heterocycles. The molecule has 35 heavy (non-hydrogen) atoms. The van der Waals surface area contributed by atoms with Crippen LogP contribution in [0.1, 0.15) is 5.69 Å². The SMILES string of the molecule is COc1cc(Nc2nc(Nc3ccc4[nH]c(=O)oc4c3)c3scnc3n2)ccc1-n1cnc(C)c1. The summed E-state index contributed by atoms with van der Waals surface area (Å²) in [6.07, 6.45) is 3.67. The lowest BCUT2D eigenvalue weighted by Crippen LogP contribution is -2.03. The second-order valence-corrected chi connectivity index (χ2v) is 8.54. The Morgan fingerprint density at radius 3 is 2.77 bits per heavy atom. The molecule has 0 unspecified atom stereocenters. The third-order valence-electron chi connectivity index (χ3n) is 5.30. The van der Waals surface area contributed by atoms with E-state index >= 15 is 0 Å². The van der Waals surface area contributed by atoms with Crippen molar-refractivity contribution in [3.05, 3.63) is 70.7 Å². The fraction of sp³-hybridized carbons (Fsp3) is 0.0870. The zero-order chi connectivity index (χ0) is 23.9. The molecular weight excluding hydrogens is 468 g/mol. The van der Waals surface area contributed by atoms with Gasteiger partial charge in [-0.1, -0.05) is 0 Å². The van der Waals surface area contributed by atoms with Gasteiger partial charge < -0.3 is 24.4 Å². The molecule has 0 saturated heterocycles.